The summed E-state index contributed by atoms with van der Waals surface area (Å²) in [5.41, 5.74) is 2.02. The van der Waals surface area contributed by atoms with E-state index in [-0.39, 0.29) is 17.2 Å². The van der Waals surface area contributed by atoms with Crippen LogP contribution in [-0.4, -0.2) is 29.7 Å². The second-order valence-electron chi connectivity index (χ2n) is 8.91. The van der Waals surface area contributed by atoms with E-state index in [0.717, 1.165) is 43.4 Å². The molecule has 9 nitrogen and oxygen atoms in total. The van der Waals surface area contributed by atoms with E-state index in [1.54, 1.807) is 12.1 Å². The third-order valence-corrected chi connectivity index (χ3v) is 7.25. The van der Waals surface area contributed by atoms with E-state index < -0.39 is 15.8 Å². The molecule has 2 aromatic carbocycles. The van der Waals surface area contributed by atoms with Crippen molar-refractivity contribution in [2.24, 2.45) is 5.14 Å². The Labute approximate surface area is 198 Å². The number of benzene rings is 2. The first kappa shape index (κ1) is 22.7. The molecule has 3 aromatic rings. The van der Waals surface area contributed by atoms with Crippen molar-refractivity contribution in [1.29, 1.82) is 0 Å². The van der Waals surface area contributed by atoms with Gasteiger partial charge in [-0.15, -0.1) is 0 Å². The molecular formula is C24H28N4O5S. The first-order valence-corrected chi connectivity index (χ1v) is 13.1. The molecule has 10 heteroatoms. The Morgan fingerprint density at radius 1 is 1.15 bits per heavy atom. The minimum Gasteiger partial charge on any atom is -0.448 e. The smallest absolute Gasteiger partial charge is 0.251 e. The first-order chi connectivity index (χ1) is 16.3. The Balaban J connectivity index is 1.28. The molecule has 1 fully saturated rings. The normalized spacial score (nSPS) is 16.4. The Bertz CT molecular complexity index is 1360. The summed E-state index contributed by atoms with van der Waals surface area (Å²) < 4.78 is 37.5. The summed E-state index contributed by atoms with van der Waals surface area (Å²) in [6.07, 6.45) is 5.45. The number of aryl methyl sites for hydroxylation is 2. The van der Waals surface area contributed by atoms with Crippen LogP contribution in [0.15, 0.2) is 41.3 Å². The van der Waals surface area contributed by atoms with E-state index in [4.69, 9.17) is 14.6 Å². The number of aromatic nitrogens is 2. The van der Waals surface area contributed by atoms with Gasteiger partial charge in [0, 0.05) is 44.0 Å². The lowest BCUT2D eigenvalue weighted by atomic mass is 10.2. The van der Waals surface area contributed by atoms with Crippen LogP contribution in [0.3, 0.4) is 0 Å². The summed E-state index contributed by atoms with van der Waals surface area (Å²) in [4.78, 5) is 17.3. The predicted molar refractivity (Wildman–Crippen MR) is 127 cm³/mol. The Morgan fingerprint density at radius 2 is 1.91 bits per heavy atom. The van der Waals surface area contributed by atoms with Crippen LogP contribution >= 0.6 is 0 Å². The monoisotopic (exact) mass is 484 g/mol. The Morgan fingerprint density at radius 3 is 2.65 bits per heavy atom. The molecule has 0 radical (unpaired) electrons. The highest BCUT2D eigenvalue weighted by Gasteiger charge is 2.44. The van der Waals surface area contributed by atoms with Gasteiger partial charge in [-0.05, 0) is 49.6 Å². The van der Waals surface area contributed by atoms with Crippen molar-refractivity contribution in [3.05, 3.63) is 42.2 Å². The molecule has 1 spiro atoms. The van der Waals surface area contributed by atoms with E-state index in [1.807, 2.05) is 16.7 Å². The highest BCUT2D eigenvalue weighted by Crippen LogP contribution is 2.47. The molecule has 1 amide bonds. The van der Waals surface area contributed by atoms with Gasteiger partial charge in [0.25, 0.3) is 5.79 Å². The van der Waals surface area contributed by atoms with Gasteiger partial charge in [0.15, 0.2) is 11.5 Å². The van der Waals surface area contributed by atoms with Crippen molar-refractivity contribution >= 4 is 32.7 Å². The van der Waals surface area contributed by atoms with Crippen LogP contribution in [0.4, 0.5) is 5.69 Å². The van der Waals surface area contributed by atoms with Crippen LogP contribution in [-0.2, 0) is 27.8 Å². The zero-order valence-electron chi connectivity index (χ0n) is 19.0. The molecule has 0 saturated heterocycles. The molecular weight excluding hydrogens is 456 g/mol. The minimum absolute atomic E-state index is 0.0210. The summed E-state index contributed by atoms with van der Waals surface area (Å²) in [5.74, 6) is 1.43. The number of hydrogen-bond donors (Lipinski definition) is 2. The van der Waals surface area contributed by atoms with E-state index in [2.05, 4.69) is 17.2 Å². The van der Waals surface area contributed by atoms with Gasteiger partial charge in [0.1, 0.15) is 5.82 Å². The molecule has 2 heterocycles. The average molecular weight is 485 g/mol. The first-order valence-electron chi connectivity index (χ1n) is 11.6. The fourth-order valence-electron chi connectivity index (χ4n) is 4.74. The number of nitrogens with zero attached hydrogens (tertiary/aromatic N) is 2. The van der Waals surface area contributed by atoms with Crippen LogP contribution in [0.1, 0.15) is 51.3 Å². The number of sulfonamides is 1. The quantitative estimate of drug-likeness (QED) is 0.527. The molecule has 34 heavy (non-hydrogen) atoms. The van der Waals surface area contributed by atoms with Crippen molar-refractivity contribution in [3.63, 3.8) is 0 Å². The van der Waals surface area contributed by atoms with Gasteiger partial charge >= 0.3 is 0 Å². The second kappa shape index (κ2) is 8.59. The lowest BCUT2D eigenvalue weighted by molar-refractivity contribution is -0.116. The van der Waals surface area contributed by atoms with Gasteiger partial charge in [-0.3, -0.25) is 4.79 Å². The Hall–Kier alpha value is -3.11. The van der Waals surface area contributed by atoms with Gasteiger partial charge in [0.2, 0.25) is 15.9 Å². The molecule has 2 aliphatic rings. The molecule has 1 aliphatic heterocycles. The topological polar surface area (TPSA) is 126 Å². The summed E-state index contributed by atoms with van der Waals surface area (Å²) in [7, 11) is -3.81. The van der Waals surface area contributed by atoms with Crippen molar-refractivity contribution in [3.8, 4) is 11.5 Å². The summed E-state index contributed by atoms with van der Waals surface area (Å²) in [5, 5.41) is 8.19. The zero-order valence-corrected chi connectivity index (χ0v) is 19.9. The van der Waals surface area contributed by atoms with Crippen LogP contribution < -0.4 is 19.9 Å². The number of nitrogens with one attached hydrogen (secondary N) is 1. The largest absolute Gasteiger partial charge is 0.448 e. The molecule has 5 rings (SSSR count). The Kier molecular flexibility index (Phi) is 5.73. The molecule has 1 aromatic heterocycles. The highest BCUT2D eigenvalue weighted by atomic mass is 32.2. The van der Waals surface area contributed by atoms with E-state index in [9.17, 15) is 13.2 Å². The zero-order chi connectivity index (χ0) is 23.9. The number of rotatable bonds is 7. The van der Waals surface area contributed by atoms with Gasteiger partial charge < -0.3 is 19.4 Å². The molecule has 0 atom stereocenters. The van der Waals surface area contributed by atoms with Crippen molar-refractivity contribution in [2.75, 3.05) is 5.32 Å². The van der Waals surface area contributed by atoms with Crippen molar-refractivity contribution < 1.29 is 22.7 Å². The number of ether oxygens (including phenoxy) is 2. The fourth-order valence-corrected chi connectivity index (χ4v) is 5.27. The van der Waals surface area contributed by atoms with Gasteiger partial charge in [-0.2, -0.15) is 0 Å². The second-order valence-corrected chi connectivity index (χ2v) is 10.5. The van der Waals surface area contributed by atoms with Gasteiger partial charge in [0.05, 0.1) is 15.9 Å². The van der Waals surface area contributed by atoms with Gasteiger partial charge in [-0.1, -0.05) is 6.92 Å². The van der Waals surface area contributed by atoms with Gasteiger partial charge in [-0.25, -0.2) is 18.5 Å². The number of imidazole rings is 1. The number of nitrogens with two attached hydrogens (primary N) is 1. The molecule has 1 aliphatic carbocycles. The lowest BCUT2D eigenvalue weighted by Crippen LogP contribution is -2.34. The number of amides is 1. The van der Waals surface area contributed by atoms with E-state index >= 15 is 0 Å². The summed E-state index contributed by atoms with van der Waals surface area (Å²) >= 11 is 0. The molecule has 3 N–H and O–H groups in total. The SMILES string of the molecule is CCCn1c(CCC(=O)Nc2ccc3c(c2)OC2(CCCC2)O3)nc2cc(S(N)(=O)=O)ccc21. The maximum atomic E-state index is 12.7. The maximum absolute atomic E-state index is 12.7. The molecule has 1 saturated carbocycles. The highest BCUT2D eigenvalue weighted by molar-refractivity contribution is 7.89. The molecule has 0 bridgehead atoms. The summed E-state index contributed by atoms with van der Waals surface area (Å²) in [6.45, 7) is 2.77. The van der Waals surface area contributed by atoms with Crippen molar-refractivity contribution in [1.82, 2.24) is 9.55 Å². The number of anilines is 1. The van der Waals surface area contributed by atoms with Crippen LogP contribution in [0.2, 0.25) is 0 Å². The average Bonchev–Trinajstić information content (AvgIpc) is 3.48. The third kappa shape index (κ3) is 4.35. The maximum Gasteiger partial charge on any atom is 0.251 e. The number of hydrogen-bond acceptors (Lipinski definition) is 6. The van der Waals surface area contributed by atoms with Crippen LogP contribution in [0, 0.1) is 0 Å². The number of primary sulfonamides is 1. The standard InChI is InChI=1S/C24H28N4O5S/c1-2-13-28-19-7-6-17(34(25,30)31)15-18(19)27-22(28)9-10-23(29)26-16-5-8-20-21(14-16)33-24(32-20)11-3-4-12-24/h5-8,14-15H,2-4,9-13H2,1H3,(H,26,29)(H2,25,30,31). The van der Waals surface area contributed by atoms with Crippen LogP contribution in [0.25, 0.3) is 11.0 Å². The minimum atomic E-state index is -3.81. The lowest BCUT2D eigenvalue weighted by Gasteiger charge is -2.21. The summed E-state index contributed by atoms with van der Waals surface area (Å²) in [6, 6.07) is 10.1. The van der Waals surface area contributed by atoms with Crippen molar-refractivity contribution in [2.45, 2.75) is 69.1 Å². The number of fused-ring (bicyclic) bond motifs is 2. The fraction of sp³-hybridized carbons (Fsp3) is 0.417. The molecule has 180 valence electrons. The van der Waals surface area contributed by atoms with E-state index in [1.165, 1.54) is 12.1 Å². The molecule has 0 unspecified atom stereocenters. The van der Waals surface area contributed by atoms with Crippen LogP contribution in [0.5, 0.6) is 11.5 Å². The predicted octanol–water partition coefficient (Wildman–Crippen LogP) is 3.71. The third-order valence-electron chi connectivity index (χ3n) is 6.33. The number of carbonyl (C=O) groups excluding carboxylic acids is 1. The van der Waals surface area contributed by atoms with E-state index in [0.29, 0.717) is 35.7 Å². The number of carbonyl (C=O) groups is 1.